The Hall–Kier alpha value is -4.47. The molecule has 8 nitrogen and oxygen atoms in total. The molecule has 0 heterocycles. The van der Waals surface area contributed by atoms with Crippen molar-refractivity contribution < 1.29 is 24.3 Å². The monoisotopic (exact) mass is 667 g/mol. The number of rotatable bonds is 17. The summed E-state index contributed by atoms with van der Waals surface area (Å²) in [5, 5.41) is 14.6. The predicted molar refractivity (Wildman–Crippen MR) is 195 cm³/mol. The van der Waals surface area contributed by atoms with Crippen molar-refractivity contribution in [3.63, 3.8) is 0 Å². The molecule has 4 aromatic carbocycles. The van der Waals surface area contributed by atoms with Gasteiger partial charge >= 0.3 is 5.97 Å². The highest BCUT2D eigenvalue weighted by atomic mass is 32.2. The van der Waals surface area contributed by atoms with Crippen molar-refractivity contribution in [2.45, 2.75) is 52.2 Å². The fraction of sp³-hybridized carbons (Fsp3) is 0.333. The number of thioether (sulfide) groups is 1. The number of nitrogens with one attached hydrogen (secondary N) is 1. The molecule has 0 aliphatic rings. The van der Waals surface area contributed by atoms with Gasteiger partial charge in [-0.15, -0.1) is 0 Å². The number of amides is 2. The molecule has 0 unspecified atom stereocenters. The Bertz CT molecular complexity index is 1710. The van der Waals surface area contributed by atoms with Gasteiger partial charge in [-0.2, -0.15) is 11.8 Å². The van der Waals surface area contributed by atoms with Crippen LogP contribution in [0.15, 0.2) is 97.1 Å². The zero-order valence-electron chi connectivity index (χ0n) is 28.1. The van der Waals surface area contributed by atoms with Crippen molar-refractivity contribution >= 4 is 51.8 Å². The minimum absolute atomic E-state index is 0.0564. The molecule has 48 heavy (non-hydrogen) atoms. The largest absolute Gasteiger partial charge is 0.480 e. The van der Waals surface area contributed by atoms with Crippen LogP contribution in [0.2, 0.25) is 0 Å². The molecule has 0 spiro atoms. The normalized spacial score (nSPS) is 12.5. The molecule has 2 atom stereocenters. The molecule has 2 amide bonds. The van der Waals surface area contributed by atoms with E-state index in [1.165, 1.54) is 18.7 Å². The van der Waals surface area contributed by atoms with E-state index in [0.717, 1.165) is 16.3 Å². The second kappa shape index (κ2) is 17.6. The molecule has 4 rings (SSSR count). The molecule has 0 aliphatic heterocycles. The lowest BCUT2D eigenvalue weighted by Gasteiger charge is -2.36. The number of carboxylic acid groups (broad SMARTS) is 1. The van der Waals surface area contributed by atoms with Crippen LogP contribution in [0.5, 0.6) is 0 Å². The highest BCUT2D eigenvalue weighted by molar-refractivity contribution is 7.98. The smallest absolute Gasteiger partial charge is 0.326 e. The molecule has 0 bridgehead atoms. The van der Waals surface area contributed by atoms with E-state index in [2.05, 4.69) is 25.2 Å². The number of nitrogens with zero attached hydrogens (tertiary/aromatic N) is 2. The maximum atomic E-state index is 13.5. The number of anilines is 1. The van der Waals surface area contributed by atoms with Crippen LogP contribution in [0.3, 0.4) is 0 Å². The summed E-state index contributed by atoms with van der Waals surface area (Å²) in [5.74, 6) is -0.956. The Morgan fingerprint density at radius 3 is 2.21 bits per heavy atom. The molecule has 2 N–H and O–H groups in total. The number of hydrogen-bond acceptors (Lipinski definition) is 6. The molecule has 0 fully saturated rings. The number of fused-ring (bicyclic) bond motifs is 1. The average molecular weight is 668 g/mol. The third-order valence-electron chi connectivity index (χ3n) is 8.22. The number of carbonyl (C=O) groups is 4. The highest BCUT2D eigenvalue weighted by Gasteiger charge is 2.29. The van der Waals surface area contributed by atoms with E-state index in [0.29, 0.717) is 48.5 Å². The number of benzene rings is 4. The van der Waals surface area contributed by atoms with E-state index in [1.807, 2.05) is 71.8 Å². The second-order valence-electron chi connectivity index (χ2n) is 12.5. The SMILES string of the molecule is CSCC[C@H](NC(=O)CN(Cc1cccc2ccccc12)C[C@H](CC(C)C)N(C(C)=O)c1cccc(C(=O)c2ccccc2)c1)C(=O)O. The number of ketones is 1. The number of aliphatic carboxylic acids is 1. The number of carboxylic acids is 1. The van der Waals surface area contributed by atoms with E-state index >= 15 is 0 Å². The summed E-state index contributed by atoms with van der Waals surface area (Å²) >= 11 is 1.53. The summed E-state index contributed by atoms with van der Waals surface area (Å²) in [4.78, 5) is 55.9. The van der Waals surface area contributed by atoms with Crippen LogP contribution in [-0.4, -0.2) is 70.8 Å². The van der Waals surface area contributed by atoms with Crippen molar-refractivity contribution in [2.24, 2.45) is 5.92 Å². The van der Waals surface area contributed by atoms with Crippen LogP contribution in [-0.2, 0) is 20.9 Å². The van der Waals surface area contributed by atoms with E-state index in [1.54, 1.807) is 35.2 Å². The van der Waals surface area contributed by atoms with Gasteiger partial charge in [-0.1, -0.05) is 98.8 Å². The van der Waals surface area contributed by atoms with Gasteiger partial charge in [-0.25, -0.2) is 4.79 Å². The maximum absolute atomic E-state index is 13.5. The molecule has 4 aromatic rings. The third-order valence-corrected chi connectivity index (χ3v) is 8.87. The summed E-state index contributed by atoms with van der Waals surface area (Å²) < 4.78 is 0. The van der Waals surface area contributed by atoms with E-state index < -0.39 is 17.9 Å². The lowest BCUT2D eigenvalue weighted by atomic mass is 9.98. The highest BCUT2D eigenvalue weighted by Crippen LogP contribution is 2.26. The van der Waals surface area contributed by atoms with Crippen LogP contribution in [0.4, 0.5) is 5.69 Å². The van der Waals surface area contributed by atoms with Crippen LogP contribution in [0.25, 0.3) is 10.8 Å². The Balaban J connectivity index is 1.69. The van der Waals surface area contributed by atoms with Crippen LogP contribution >= 0.6 is 11.8 Å². The van der Waals surface area contributed by atoms with Gasteiger partial charge in [0.1, 0.15) is 6.04 Å². The Morgan fingerprint density at radius 1 is 0.854 bits per heavy atom. The fourth-order valence-corrected chi connectivity index (χ4v) is 6.57. The lowest BCUT2D eigenvalue weighted by Crippen LogP contribution is -2.50. The van der Waals surface area contributed by atoms with Gasteiger partial charge in [0.25, 0.3) is 0 Å². The average Bonchev–Trinajstić information content (AvgIpc) is 3.06. The predicted octanol–water partition coefficient (Wildman–Crippen LogP) is 6.66. The summed E-state index contributed by atoms with van der Waals surface area (Å²) in [5.41, 5.74) is 2.66. The molecular formula is C39H45N3O5S. The van der Waals surface area contributed by atoms with E-state index in [4.69, 9.17) is 0 Å². The van der Waals surface area contributed by atoms with Gasteiger partial charge in [0.15, 0.2) is 5.78 Å². The first kappa shape index (κ1) is 36.4. The van der Waals surface area contributed by atoms with Gasteiger partial charge in [0, 0.05) is 42.9 Å². The summed E-state index contributed by atoms with van der Waals surface area (Å²) in [7, 11) is 0. The zero-order valence-corrected chi connectivity index (χ0v) is 28.9. The Kier molecular flexibility index (Phi) is 13.3. The first-order valence-corrected chi connectivity index (χ1v) is 17.7. The third kappa shape index (κ3) is 10.0. The second-order valence-corrected chi connectivity index (χ2v) is 13.5. The molecule has 9 heteroatoms. The minimum Gasteiger partial charge on any atom is -0.480 e. The number of hydrogen-bond donors (Lipinski definition) is 2. The molecule has 252 valence electrons. The van der Waals surface area contributed by atoms with Crippen molar-refractivity contribution in [1.29, 1.82) is 0 Å². The summed E-state index contributed by atoms with van der Waals surface area (Å²) in [6, 6.07) is 29.0. The van der Waals surface area contributed by atoms with Crippen molar-refractivity contribution in [2.75, 3.05) is 30.0 Å². The fourth-order valence-electron chi connectivity index (χ4n) is 6.10. The van der Waals surface area contributed by atoms with Crippen molar-refractivity contribution in [1.82, 2.24) is 10.2 Å². The molecular weight excluding hydrogens is 623 g/mol. The van der Waals surface area contributed by atoms with Crippen LogP contribution in [0.1, 0.15) is 55.1 Å². The van der Waals surface area contributed by atoms with Crippen molar-refractivity contribution in [3.8, 4) is 0 Å². The summed E-state index contributed by atoms with van der Waals surface area (Å²) in [6.45, 7) is 6.39. The standard InChI is InChI=1S/C39H45N3O5S/c1-27(2)22-34(42(28(3)43)33-18-11-16-31(23-33)38(45)30-13-6-5-7-14-30)25-41(26-37(44)40-36(39(46)47)20-21-48-4)24-32-17-10-15-29-12-8-9-19-35(29)32/h5-19,23,27,34,36H,20-22,24-26H2,1-4H3,(H,40,44)(H,46,47)/t34-,36-/m0/s1. The van der Waals surface area contributed by atoms with Gasteiger partial charge < -0.3 is 15.3 Å². The first-order valence-electron chi connectivity index (χ1n) is 16.3. The van der Waals surface area contributed by atoms with Gasteiger partial charge in [0.05, 0.1) is 6.54 Å². The van der Waals surface area contributed by atoms with Gasteiger partial charge in [0.2, 0.25) is 11.8 Å². The lowest BCUT2D eigenvalue weighted by molar-refractivity contribution is -0.142. The number of carbonyl (C=O) groups excluding carboxylic acids is 3. The quantitative estimate of drug-likeness (QED) is 0.121. The van der Waals surface area contributed by atoms with Gasteiger partial charge in [-0.05, 0) is 59.2 Å². The molecule has 0 aromatic heterocycles. The van der Waals surface area contributed by atoms with Crippen molar-refractivity contribution in [3.05, 3.63) is 114 Å². The molecule has 0 saturated carbocycles. The van der Waals surface area contributed by atoms with Crippen LogP contribution < -0.4 is 10.2 Å². The molecule has 0 radical (unpaired) electrons. The first-order chi connectivity index (χ1) is 23.1. The molecule has 0 saturated heterocycles. The Labute approximate surface area is 287 Å². The minimum atomic E-state index is -1.07. The van der Waals surface area contributed by atoms with Crippen LogP contribution in [0, 0.1) is 5.92 Å². The maximum Gasteiger partial charge on any atom is 0.326 e. The molecule has 0 aliphatic carbocycles. The Morgan fingerprint density at radius 2 is 1.52 bits per heavy atom. The summed E-state index contributed by atoms with van der Waals surface area (Å²) in [6.07, 6.45) is 2.85. The van der Waals surface area contributed by atoms with Gasteiger partial charge in [-0.3, -0.25) is 19.3 Å². The zero-order chi connectivity index (χ0) is 34.6. The van der Waals surface area contributed by atoms with E-state index in [9.17, 15) is 24.3 Å². The topological polar surface area (TPSA) is 107 Å². The van der Waals surface area contributed by atoms with E-state index in [-0.39, 0.29) is 30.2 Å².